The summed E-state index contributed by atoms with van der Waals surface area (Å²) in [5.74, 6) is -0.215. The Kier molecular flexibility index (Phi) is 5.00. The molecule has 2 rings (SSSR count). The molecule has 5 nitrogen and oxygen atoms in total. The van der Waals surface area contributed by atoms with Crippen molar-refractivity contribution in [1.82, 2.24) is 10.2 Å². The third-order valence-corrected chi connectivity index (χ3v) is 5.44. The Morgan fingerprint density at radius 1 is 1.45 bits per heavy atom. The van der Waals surface area contributed by atoms with E-state index >= 15 is 0 Å². The fourth-order valence-corrected chi connectivity index (χ4v) is 3.85. The maximum atomic E-state index is 10.9. The number of aromatic carboxylic acids is 1. The third kappa shape index (κ3) is 3.71. The van der Waals surface area contributed by atoms with Crippen LogP contribution in [0.1, 0.15) is 15.9 Å². The number of halogens is 1. The van der Waals surface area contributed by atoms with Gasteiger partial charge in [0.25, 0.3) is 0 Å². The van der Waals surface area contributed by atoms with Crippen molar-refractivity contribution in [2.75, 3.05) is 19.0 Å². The Hall–Kier alpha value is -1.12. The molecule has 0 saturated heterocycles. The number of carbonyl (C=O) groups is 1. The minimum absolute atomic E-state index is 0.274. The van der Waals surface area contributed by atoms with Crippen molar-refractivity contribution in [3.8, 4) is 0 Å². The van der Waals surface area contributed by atoms with Crippen LogP contribution in [0.25, 0.3) is 0 Å². The molecule has 106 valence electrons. The maximum Gasteiger partial charge on any atom is 0.335 e. The Morgan fingerprint density at radius 3 is 2.75 bits per heavy atom. The van der Waals surface area contributed by atoms with Gasteiger partial charge in [-0.2, -0.15) is 0 Å². The minimum atomic E-state index is -0.926. The van der Waals surface area contributed by atoms with E-state index < -0.39 is 5.97 Å². The monoisotopic (exact) mass is 373 g/mol. The van der Waals surface area contributed by atoms with Crippen LogP contribution in [-0.2, 0) is 5.75 Å². The summed E-state index contributed by atoms with van der Waals surface area (Å²) >= 11 is 6.51. The van der Waals surface area contributed by atoms with Crippen molar-refractivity contribution in [2.24, 2.45) is 0 Å². The highest BCUT2D eigenvalue weighted by Gasteiger charge is 2.10. The quantitative estimate of drug-likeness (QED) is 0.810. The van der Waals surface area contributed by atoms with Gasteiger partial charge in [0.1, 0.15) is 0 Å². The molecular formula is C12H12BrN3O2S2. The van der Waals surface area contributed by atoms with Crippen LogP contribution in [0.4, 0.5) is 5.13 Å². The number of nitrogens with zero attached hydrogens (tertiary/aromatic N) is 3. The van der Waals surface area contributed by atoms with Gasteiger partial charge in [0.15, 0.2) is 4.34 Å². The van der Waals surface area contributed by atoms with E-state index in [9.17, 15) is 4.79 Å². The lowest BCUT2D eigenvalue weighted by atomic mass is 10.1. The van der Waals surface area contributed by atoms with Gasteiger partial charge in [0.05, 0.1) is 5.56 Å². The van der Waals surface area contributed by atoms with Crippen LogP contribution in [0, 0.1) is 0 Å². The van der Waals surface area contributed by atoms with E-state index in [2.05, 4.69) is 26.1 Å². The number of anilines is 1. The molecule has 0 aliphatic heterocycles. The first-order chi connectivity index (χ1) is 9.47. The van der Waals surface area contributed by atoms with E-state index in [1.165, 1.54) is 11.3 Å². The van der Waals surface area contributed by atoms with Crippen molar-refractivity contribution >= 4 is 50.1 Å². The minimum Gasteiger partial charge on any atom is -0.478 e. The zero-order valence-electron chi connectivity index (χ0n) is 10.8. The molecule has 0 fully saturated rings. The van der Waals surface area contributed by atoms with Crippen LogP contribution < -0.4 is 4.90 Å². The van der Waals surface area contributed by atoms with Gasteiger partial charge in [-0.3, -0.25) is 0 Å². The summed E-state index contributed by atoms with van der Waals surface area (Å²) in [4.78, 5) is 12.8. The third-order valence-electron chi connectivity index (χ3n) is 2.43. The zero-order chi connectivity index (χ0) is 14.7. The first-order valence-electron chi connectivity index (χ1n) is 5.62. The SMILES string of the molecule is CN(C)c1nnc(SCc2ccc(C(=O)O)cc2Br)s1. The molecule has 0 saturated carbocycles. The summed E-state index contributed by atoms with van der Waals surface area (Å²) in [6.07, 6.45) is 0. The fraction of sp³-hybridized carbons (Fsp3) is 0.250. The number of aromatic nitrogens is 2. The van der Waals surface area contributed by atoms with Crippen LogP contribution in [0.2, 0.25) is 0 Å². The topological polar surface area (TPSA) is 66.3 Å². The zero-order valence-corrected chi connectivity index (χ0v) is 14.0. The number of benzene rings is 1. The molecule has 0 atom stereocenters. The predicted octanol–water partition coefficient (Wildman–Crippen LogP) is 3.36. The first-order valence-corrected chi connectivity index (χ1v) is 8.22. The Labute approximate surface area is 133 Å². The van der Waals surface area contributed by atoms with E-state index in [-0.39, 0.29) is 5.56 Å². The number of carboxylic acids is 1. The summed E-state index contributed by atoms with van der Waals surface area (Å²) in [5.41, 5.74) is 1.30. The predicted molar refractivity (Wildman–Crippen MR) is 84.9 cm³/mol. The Morgan fingerprint density at radius 2 is 2.20 bits per heavy atom. The molecule has 2 aromatic rings. The average Bonchev–Trinajstić information content (AvgIpc) is 2.86. The van der Waals surface area contributed by atoms with Crippen LogP contribution >= 0.6 is 39.0 Å². The highest BCUT2D eigenvalue weighted by Crippen LogP contribution is 2.31. The van der Waals surface area contributed by atoms with Crippen LogP contribution in [0.15, 0.2) is 27.0 Å². The molecular weight excluding hydrogens is 362 g/mol. The van der Waals surface area contributed by atoms with Gasteiger partial charge in [-0.1, -0.05) is 45.1 Å². The van der Waals surface area contributed by atoms with Crippen LogP contribution in [0.3, 0.4) is 0 Å². The van der Waals surface area contributed by atoms with E-state index in [1.54, 1.807) is 23.9 Å². The second kappa shape index (κ2) is 6.55. The molecule has 0 aliphatic carbocycles. The fourth-order valence-electron chi connectivity index (χ4n) is 1.38. The van der Waals surface area contributed by atoms with Crippen LogP contribution in [-0.4, -0.2) is 35.4 Å². The van der Waals surface area contributed by atoms with Crippen LogP contribution in [0.5, 0.6) is 0 Å². The average molecular weight is 374 g/mol. The van der Waals surface area contributed by atoms with Crippen molar-refractivity contribution in [2.45, 2.75) is 10.1 Å². The molecule has 0 bridgehead atoms. The van der Waals surface area contributed by atoms with Gasteiger partial charge in [-0.15, -0.1) is 10.2 Å². The molecule has 1 N–H and O–H groups in total. The number of thioether (sulfide) groups is 1. The van der Waals surface area contributed by atoms with Gasteiger partial charge < -0.3 is 10.0 Å². The van der Waals surface area contributed by atoms with Gasteiger partial charge >= 0.3 is 5.97 Å². The molecule has 20 heavy (non-hydrogen) atoms. The van der Waals surface area contributed by atoms with Crippen molar-refractivity contribution in [1.29, 1.82) is 0 Å². The Balaban J connectivity index is 2.05. The van der Waals surface area contributed by atoms with E-state index in [0.717, 1.165) is 19.5 Å². The highest BCUT2D eigenvalue weighted by atomic mass is 79.9. The van der Waals surface area contributed by atoms with Crippen molar-refractivity contribution < 1.29 is 9.90 Å². The number of rotatable bonds is 5. The molecule has 8 heteroatoms. The normalized spacial score (nSPS) is 10.6. The van der Waals surface area contributed by atoms with Crippen molar-refractivity contribution in [3.05, 3.63) is 33.8 Å². The second-order valence-electron chi connectivity index (χ2n) is 4.14. The summed E-state index contributed by atoms with van der Waals surface area (Å²) in [7, 11) is 3.85. The molecule has 0 aliphatic rings. The van der Waals surface area contributed by atoms with Crippen molar-refractivity contribution in [3.63, 3.8) is 0 Å². The standard InChI is InChI=1S/C12H12BrN3O2S2/c1-16(2)11-14-15-12(20-11)19-6-8-4-3-7(10(17)18)5-9(8)13/h3-5H,6H2,1-2H3,(H,17,18). The molecule has 1 aromatic carbocycles. The first kappa shape index (κ1) is 15.3. The summed E-state index contributed by atoms with van der Waals surface area (Å²) < 4.78 is 1.69. The van der Waals surface area contributed by atoms with E-state index in [0.29, 0.717) is 5.75 Å². The lowest BCUT2D eigenvalue weighted by Crippen LogP contribution is -2.07. The van der Waals surface area contributed by atoms with E-state index in [1.807, 2.05) is 25.1 Å². The lowest BCUT2D eigenvalue weighted by Gasteiger charge is -2.04. The number of hydrogen-bond acceptors (Lipinski definition) is 6. The second-order valence-corrected chi connectivity index (χ2v) is 7.18. The molecule has 1 heterocycles. The summed E-state index contributed by atoms with van der Waals surface area (Å²) in [5, 5.41) is 18.0. The summed E-state index contributed by atoms with van der Waals surface area (Å²) in [6.45, 7) is 0. The molecule has 1 aromatic heterocycles. The number of hydrogen-bond donors (Lipinski definition) is 1. The molecule has 0 spiro atoms. The highest BCUT2D eigenvalue weighted by molar-refractivity contribution is 9.10. The molecule has 0 amide bonds. The van der Waals surface area contributed by atoms with Gasteiger partial charge in [0.2, 0.25) is 5.13 Å². The maximum absolute atomic E-state index is 10.9. The van der Waals surface area contributed by atoms with Gasteiger partial charge in [0, 0.05) is 24.3 Å². The largest absolute Gasteiger partial charge is 0.478 e. The Bertz CT molecular complexity index is 631. The smallest absolute Gasteiger partial charge is 0.335 e. The lowest BCUT2D eigenvalue weighted by molar-refractivity contribution is 0.0697. The molecule has 0 radical (unpaired) electrons. The molecule has 0 unspecified atom stereocenters. The van der Waals surface area contributed by atoms with E-state index in [4.69, 9.17) is 5.11 Å². The van der Waals surface area contributed by atoms with Gasteiger partial charge in [-0.05, 0) is 17.7 Å². The number of carboxylic acid groups (broad SMARTS) is 1. The van der Waals surface area contributed by atoms with Gasteiger partial charge in [-0.25, -0.2) is 4.79 Å². The summed E-state index contributed by atoms with van der Waals surface area (Å²) in [6, 6.07) is 5.03.